The quantitative estimate of drug-likeness (QED) is 0.472. The standard InChI is InChI=1S/C23H24ClFN2O3.ClH/c1-16-26-7-8-27(16)20-4-3-17(22(24)14-20)15-30-21-12-18(11-19(25)13-21)23(28-2)5-9-29-10-6-23;/h3-4,7-8,11-14H,5-6,9-10,15H2,1-2H3;1H. The molecule has 166 valence electrons. The minimum atomic E-state index is -0.555. The van der Waals surface area contributed by atoms with Gasteiger partial charge in [0.1, 0.15) is 24.0 Å². The molecule has 3 aromatic rings. The molecule has 1 saturated heterocycles. The van der Waals surface area contributed by atoms with Gasteiger partial charge in [-0.25, -0.2) is 9.37 Å². The van der Waals surface area contributed by atoms with E-state index in [0.29, 0.717) is 36.8 Å². The summed E-state index contributed by atoms with van der Waals surface area (Å²) in [6.07, 6.45) is 4.97. The Morgan fingerprint density at radius 1 is 1.19 bits per heavy atom. The molecule has 1 aliphatic rings. The van der Waals surface area contributed by atoms with Crippen molar-refractivity contribution in [2.24, 2.45) is 0 Å². The molecule has 0 radical (unpaired) electrons. The van der Waals surface area contributed by atoms with Crippen molar-refractivity contribution in [3.63, 3.8) is 0 Å². The van der Waals surface area contributed by atoms with E-state index in [2.05, 4.69) is 4.98 Å². The minimum absolute atomic E-state index is 0. The third kappa shape index (κ3) is 5.04. The van der Waals surface area contributed by atoms with Gasteiger partial charge in [-0.2, -0.15) is 0 Å². The van der Waals surface area contributed by atoms with E-state index in [4.69, 9.17) is 25.8 Å². The lowest BCUT2D eigenvalue weighted by molar-refractivity contribution is -0.0950. The monoisotopic (exact) mass is 466 g/mol. The largest absolute Gasteiger partial charge is 0.489 e. The van der Waals surface area contributed by atoms with Crippen molar-refractivity contribution in [1.29, 1.82) is 0 Å². The third-order valence-electron chi connectivity index (χ3n) is 5.62. The Morgan fingerprint density at radius 2 is 1.97 bits per heavy atom. The summed E-state index contributed by atoms with van der Waals surface area (Å²) in [5.41, 5.74) is 1.95. The zero-order valence-corrected chi connectivity index (χ0v) is 19.0. The van der Waals surface area contributed by atoms with Gasteiger partial charge in [0.05, 0.1) is 5.60 Å². The van der Waals surface area contributed by atoms with Gasteiger partial charge in [-0.1, -0.05) is 17.7 Å². The molecule has 0 N–H and O–H groups in total. The van der Waals surface area contributed by atoms with Gasteiger partial charge in [-0.05, 0) is 36.8 Å². The molecule has 0 saturated carbocycles. The van der Waals surface area contributed by atoms with E-state index in [-0.39, 0.29) is 24.8 Å². The van der Waals surface area contributed by atoms with Crippen molar-refractivity contribution in [3.05, 3.63) is 76.6 Å². The highest BCUT2D eigenvalue weighted by Gasteiger charge is 2.35. The molecule has 0 unspecified atom stereocenters. The second kappa shape index (κ2) is 10.0. The molecule has 0 spiro atoms. The number of hydrogen-bond donors (Lipinski definition) is 0. The second-order valence-corrected chi connectivity index (χ2v) is 7.80. The molecular formula is C23H25Cl2FN2O3. The van der Waals surface area contributed by atoms with E-state index in [0.717, 1.165) is 22.6 Å². The van der Waals surface area contributed by atoms with Crippen LogP contribution >= 0.6 is 24.0 Å². The molecule has 1 fully saturated rings. The Kier molecular flexibility index (Phi) is 7.59. The zero-order valence-electron chi connectivity index (χ0n) is 17.4. The summed E-state index contributed by atoms with van der Waals surface area (Å²) in [7, 11) is 1.65. The van der Waals surface area contributed by atoms with Crippen LogP contribution in [0.5, 0.6) is 5.75 Å². The van der Waals surface area contributed by atoms with Crippen LogP contribution in [0.15, 0.2) is 48.8 Å². The first-order chi connectivity index (χ1) is 14.5. The fraction of sp³-hybridized carbons (Fsp3) is 0.348. The SMILES string of the molecule is COC1(c2cc(F)cc(OCc3ccc(-n4ccnc4C)cc3Cl)c2)CCOCC1.Cl. The first-order valence-electron chi connectivity index (χ1n) is 9.86. The molecule has 0 amide bonds. The van der Waals surface area contributed by atoms with Gasteiger partial charge in [0.2, 0.25) is 0 Å². The van der Waals surface area contributed by atoms with E-state index < -0.39 is 5.60 Å². The number of aryl methyl sites for hydroxylation is 1. The zero-order chi connectivity index (χ0) is 21.1. The Hall–Kier alpha value is -2.12. The van der Waals surface area contributed by atoms with Crippen LogP contribution < -0.4 is 4.74 Å². The minimum Gasteiger partial charge on any atom is -0.489 e. The normalized spacial score (nSPS) is 15.4. The average Bonchev–Trinajstić information content (AvgIpc) is 3.19. The Bertz CT molecular complexity index is 1040. The van der Waals surface area contributed by atoms with E-state index in [1.54, 1.807) is 13.3 Å². The van der Waals surface area contributed by atoms with Gasteiger partial charge in [0.15, 0.2) is 0 Å². The third-order valence-corrected chi connectivity index (χ3v) is 5.98. The molecule has 0 atom stereocenters. The molecule has 1 aliphatic heterocycles. The molecule has 0 bridgehead atoms. The van der Waals surface area contributed by atoms with Crippen LogP contribution in [0.4, 0.5) is 4.39 Å². The first kappa shape index (κ1) is 23.5. The number of benzene rings is 2. The maximum Gasteiger partial charge on any atom is 0.127 e. The fourth-order valence-corrected chi connectivity index (χ4v) is 4.07. The highest BCUT2D eigenvalue weighted by atomic mass is 35.5. The number of aromatic nitrogens is 2. The van der Waals surface area contributed by atoms with E-state index in [1.807, 2.05) is 42.0 Å². The number of rotatable bonds is 6. The van der Waals surface area contributed by atoms with E-state index in [1.165, 1.54) is 12.1 Å². The molecular weight excluding hydrogens is 442 g/mol. The van der Waals surface area contributed by atoms with Crippen molar-refractivity contribution in [1.82, 2.24) is 9.55 Å². The smallest absolute Gasteiger partial charge is 0.127 e. The summed E-state index contributed by atoms with van der Waals surface area (Å²) in [6.45, 7) is 3.32. The van der Waals surface area contributed by atoms with Crippen molar-refractivity contribution < 1.29 is 18.6 Å². The number of ether oxygens (including phenoxy) is 3. The van der Waals surface area contributed by atoms with E-state index >= 15 is 0 Å². The summed E-state index contributed by atoms with van der Waals surface area (Å²) >= 11 is 6.47. The average molecular weight is 467 g/mol. The number of halogens is 3. The van der Waals surface area contributed by atoms with Crippen LogP contribution in [-0.2, 0) is 21.7 Å². The fourth-order valence-electron chi connectivity index (χ4n) is 3.84. The predicted molar refractivity (Wildman–Crippen MR) is 120 cm³/mol. The van der Waals surface area contributed by atoms with Crippen molar-refractivity contribution in [3.8, 4) is 11.4 Å². The summed E-state index contributed by atoms with van der Waals surface area (Å²) in [5, 5.41) is 0.579. The van der Waals surface area contributed by atoms with Gasteiger partial charge in [-0.15, -0.1) is 12.4 Å². The highest BCUT2D eigenvalue weighted by molar-refractivity contribution is 6.31. The van der Waals surface area contributed by atoms with Crippen LogP contribution in [0.3, 0.4) is 0 Å². The lowest BCUT2D eigenvalue weighted by Crippen LogP contribution is -2.35. The molecule has 2 heterocycles. The maximum absolute atomic E-state index is 14.3. The molecule has 2 aromatic carbocycles. The van der Waals surface area contributed by atoms with Gasteiger partial charge in [0.25, 0.3) is 0 Å². The summed E-state index contributed by atoms with van der Waals surface area (Å²) in [4.78, 5) is 4.23. The van der Waals surface area contributed by atoms with Gasteiger partial charge < -0.3 is 18.8 Å². The second-order valence-electron chi connectivity index (χ2n) is 7.40. The van der Waals surface area contributed by atoms with Gasteiger partial charge in [0, 0.05) is 67.9 Å². The number of nitrogens with zero attached hydrogens (tertiary/aromatic N) is 2. The number of methoxy groups -OCH3 is 1. The van der Waals surface area contributed by atoms with Crippen LogP contribution in [0, 0.1) is 12.7 Å². The van der Waals surface area contributed by atoms with Crippen LogP contribution in [0.25, 0.3) is 5.69 Å². The molecule has 1 aromatic heterocycles. The maximum atomic E-state index is 14.3. The van der Waals surface area contributed by atoms with Crippen molar-refractivity contribution >= 4 is 24.0 Å². The molecule has 5 nitrogen and oxygen atoms in total. The molecule has 4 rings (SSSR count). The van der Waals surface area contributed by atoms with Gasteiger partial charge in [-0.3, -0.25) is 0 Å². The molecule has 0 aliphatic carbocycles. The molecule has 31 heavy (non-hydrogen) atoms. The van der Waals surface area contributed by atoms with Crippen LogP contribution in [0.2, 0.25) is 5.02 Å². The predicted octanol–water partition coefficient (Wildman–Crippen LogP) is 5.63. The Labute approximate surface area is 192 Å². The number of hydrogen-bond acceptors (Lipinski definition) is 4. The summed E-state index contributed by atoms with van der Waals surface area (Å²) in [5.74, 6) is 0.962. The van der Waals surface area contributed by atoms with Crippen LogP contribution in [0.1, 0.15) is 29.8 Å². The van der Waals surface area contributed by atoms with Crippen molar-refractivity contribution in [2.75, 3.05) is 20.3 Å². The summed E-state index contributed by atoms with van der Waals surface area (Å²) in [6, 6.07) is 10.5. The van der Waals surface area contributed by atoms with Crippen molar-refractivity contribution in [2.45, 2.75) is 32.0 Å². The Balaban J connectivity index is 0.00000272. The van der Waals surface area contributed by atoms with Gasteiger partial charge >= 0.3 is 0 Å². The Morgan fingerprint density at radius 3 is 2.61 bits per heavy atom. The van der Waals surface area contributed by atoms with Crippen LogP contribution in [-0.4, -0.2) is 29.9 Å². The first-order valence-corrected chi connectivity index (χ1v) is 10.2. The molecule has 8 heteroatoms. The number of imidazole rings is 1. The lowest BCUT2D eigenvalue weighted by Gasteiger charge is -2.36. The van der Waals surface area contributed by atoms with E-state index in [9.17, 15) is 4.39 Å². The highest BCUT2D eigenvalue weighted by Crippen LogP contribution is 2.37. The summed E-state index contributed by atoms with van der Waals surface area (Å²) < 4.78 is 33.4. The lowest BCUT2D eigenvalue weighted by atomic mass is 9.86. The topological polar surface area (TPSA) is 45.5 Å².